The summed E-state index contributed by atoms with van der Waals surface area (Å²) < 4.78 is 5.76. The van der Waals surface area contributed by atoms with Crippen molar-refractivity contribution >= 4 is 5.91 Å². The van der Waals surface area contributed by atoms with Crippen molar-refractivity contribution in [3.8, 4) is 5.75 Å². The number of hydrogen-bond acceptors (Lipinski definition) is 3. The van der Waals surface area contributed by atoms with Crippen LogP contribution >= 0.6 is 0 Å². The highest BCUT2D eigenvalue weighted by atomic mass is 16.5. The summed E-state index contributed by atoms with van der Waals surface area (Å²) in [7, 11) is 1.92. The molecule has 1 aliphatic carbocycles. The normalized spacial score (nSPS) is 16.7. The predicted octanol–water partition coefficient (Wildman–Crippen LogP) is 2.71. The number of amides is 1. The Labute approximate surface area is 127 Å². The average Bonchev–Trinajstić information content (AvgIpc) is 2.97. The zero-order valence-electron chi connectivity index (χ0n) is 13.2. The molecule has 4 heteroatoms. The molecule has 116 valence electrons. The molecule has 0 spiro atoms. The minimum atomic E-state index is -0.0218. The van der Waals surface area contributed by atoms with Crippen molar-refractivity contribution in [1.29, 1.82) is 0 Å². The van der Waals surface area contributed by atoms with E-state index >= 15 is 0 Å². The van der Waals surface area contributed by atoms with Crippen LogP contribution in [0.5, 0.6) is 5.75 Å². The van der Waals surface area contributed by atoms with Crippen LogP contribution in [-0.4, -0.2) is 25.6 Å². The Morgan fingerprint density at radius 3 is 2.76 bits per heavy atom. The first kappa shape index (κ1) is 15.8. The number of aryl methyl sites for hydroxylation is 1. The van der Waals surface area contributed by atoms with Crippen LogP contribution in [-0.2, 0) is 4.79 Å². The number of carbonyl (C=O) groups is 1. The van der Waals surface area contributed by atoms with E-state index in [1.54, 1.807) is 0 Å². The molecule has 1 amide bonds. The summed E-state index contributed by atoms with van der Waals surface area (Å²) in [6, 6.07) is 6.65. The van der Waals surface area contributed by atoms with Crippen LogP contribution in [0.1, 0.15) is 49.8 Å². The maximum atomic E-state index is 12.0. The fourth-order valence-corrected chi connectivity index (χ4v) is 2.76. The summed E-state index contributed by atoms with van der Waals surface area (Å²) in [5.41, 5.74) is 2.21. The highest BCUT2D eigenvalue weighted by Crippen LogP contribution is 2.26. The molecule has 1 atom stereocenters. The zero-order valence-corrected chi connectivity index (χ0v) is 13.2. The summed E-state index contributed by atoms with van der Waals surface area (Å²) in [6.45, 7) is 4.19. The van der Waals surface area contributed by atoms with Gasteiger partial charge in [-0.3, -0.25) is 4.79 Å². The molecule has 1 unspecified atom stereocenters. The quantitative estimate of drug-likeness (QED) is 0.847. The number of ether oxygens (including phenoxy) is 1. The Kier molecular flexibility index (Phi) is 5.62. The Morgan fingerprint density at radius 1 is 1.38 bits per heavy atom. The van der Waals surface area contributed by atoms with Gasteiger partial charge in [0.2, 0.25) is 0 Å². The van der Waals surface area contributed by atoms with Crippen LogP contribution < -0.4 is 15.4 Å². The molecule has 2 N–H and O–H groups in total. The fourth-order valence-electron chi connectivity index (χ4n) is 2.76. The number of carbonyl (C=O) groups excluding carboxylic acids is 1. The molecule has 1 saturated carbocycles. The van der Waals surface area contributed by atoms with E-state index in [9.17, 15) is 4.79 Å². The van der Waals surface area contributed by atoms with E-state index in [1.165, 1.54) is 12.8 Å². The molecule has 21 heavy (non-hydrogen) atoms. The molecule has 0 radical (unpaired) electrons. The number of nitrogens with one attached hydrogen (secondary N) is 2. The highest BCUT2D eigenvalue weighted by Gasteiger charge is 2.18. The molecule has 0 bridgehead atoms. The third-order valence-electron chi connectivity index (χ3n) is 4.15. The summed E-state index contributed by atoms with van der Waals surface area (Å²) in [4.78, 5) is 12.0. The van der Waals surface area contributed by atoms with Crippen molar-refractivity contribution in [2.45, 2.75) is 51.6 Å². The first-order valence-corrected chi connectivity index (χ1v) is 7.80. The molecular weight excluding hydrogens is 264 g/mol. The van der Waals surface area contributed by atoms with Crippen molar-refractivity contribution in [1.82, 2.24) is 10.6 Å². The van der Waals surface area contributed by atoms with E-state index in [1.807, 2.05) is 20.0 Å². The van der Waals surface area contributed by atoms with E-state index in [4.69, 9.17) is 4.74 Å². The molecule has 0 aromatic heterocycles. The summed E-state index contributed by atoms with van der Waals surface area (Å²) in [6.07, 6.45) is 4.62. The lowest BCUT2D eigenvalue weighted by molar-refractivity contribution is -0.123. The highest BCUT2D eigenvalue weighted by molar-refractivity contribution is 5.77. The summed E-state index contributed by atoms with van der Waals surface area (Å²) in [5, 5.41) is 6.25. The van der Waals surface area contributed by atoms with Gasteiger partial charge in [0.15, 0.2) is 6.61 Å². The minimum absolute atomic E-state index is 0.0218. The maximum absolute atomic E-state index is 12.0. The second-order valence-electron chi connectivity index (χ2n) is 5.89. The van der Waals surface area contributed by atoms with Crippen LogP contribution in [0.25, 0.3) is 0 Å². The van der Waals surface area contributed by atoms with Gasteiger partial charge in [0.25, 0.3) is 5.91 Å². The van der Waals surface area contributed by atoms with Gasteiger partial charge >= 0.3 is 0 Å². The Balaban J connectivity index is 1.94. The van der Waals surface area contributed by atoms with Crippen molar-refractivity contribution < 1.29 is 9.53 Å². The monoisotopic (exact) mass is 290 g/mol. The van der Waals surface area contributed by atoms with E-state index in [-0.39, 0.29) is 18.6 Å². The van der Waals surface area contributed by atoms with Gasteiger partial charge in [0.05, 0.1) is 0 Å². The van der Waals surface area contributed by atoms with E-state index in [0.717, 1.165) is 29.7 Å². The van der Waals surface area contributed by atoms with Gasteiger partial charge in [0.1, 0.15) is 5.75 Å². The number of hydrogen-bond donors (Lipinski definition) is 2. The van der Waals surface area contributed by atoms with E-state index in [0.29, 0.717) is 6.04 Å². The second kappa shape index (κ2) is 7.46. The van der Waals surface area contributed by atoms with Crippen LogP contribution in [0.15, 0.2) is 18.2 Å². The molecule has 1 aromatic rings. The van der Waals surface area contributed by atoms with Gasteiger partial charge in [-0.15, -0.1) is 0 Å². The molecule has 0 aliphatic heterocycles. The first-order valence-electron chi connectivity index (χ1n) is 7.80. The molecule has 1 fully saturated rings. The third-order valence-corrected chi connectivity index (χ3v) is 4.15. The van der Waals surface area contributed by atoms with E-state index < -0.39 is 0 Å². The lowest BCUT2D eigenvalue weighted by Gasteiger charge is -2.18. The standard InChI is InChI=1S/C17H26N2O2/c1-12-8-9-15(13(2)18-3)16(10-12)21-11-17(20)19-14-6-4-5-7-14/h8-10,13-14,18H,4-7,11H2,1-3H3,(H,19,20). The molecule has 0 saturated heterocycles. The minimum Gasteiger partial charge on any atom is -0.483 e. The fraction of sp³-hybridized carbons (Fsp3) is 0.588. The lowest BCUT2D eigenvalue weighted by Crippen LogP contribution is -2.36. The molecule has 1 aliphatic rings. The average molecular weight is 290 g/mol. The Morgan fingerprint density at radius 2 is 2.10 bits per heavy atom. The van der Waals surface area contributed by atoms with Crippen molar-refractivity contribution in [3.05, 3.63) is 29.3 Å². The molecule has 1 aromatic carbocycles. The SMILES string of the molecule is CNC(C)c1ccc(C)cc1OCC(=O)NC1CCCC1. The van der Waals surface area contributed by atoms with Gasteiger partial charge in [-0.1, -0.05) is 25.0 Å². The third kappa shape index (κ3) is 4.46. The second-order valence-corrected chi connectivity index (χ2v) is 5.89. The van der Waals surface area contributed by atoms with Crippen molar-refractivity contribution in [2.75, 3.05) is 13.7 Å². The van der Waals surface area contributed by atoms with Gasteiger partial charge < -0.3 is 15.4 Å². The molecule has 4 nitrogen and oxygen atoms in total. The van der Waals surface area contributed by atoms with Gasteiger partial charge in [0, 0.05) is 17.6 Å². The van der Waals surface area contributed by atoms with Crippen molar-refractivity contribution in [3.63, 3.8) is 0 Å². The predicted molar refractivity (Wildman–Crippen MR) is 84.5 cm³/mol. The molecular formula is C17H26N2O2. The largest absolute Gasteiger partial charge is 0.483 e. The van der Waals surface area contributed by atoms with Crippen LogP contribution in [0, 0.1) is 6.92 Å². The molecule has 0 heterocycles. The number of rotatable bonds is 6. The summed E-state index contributed by atoms with van der Waals surface area (Å²) >= 11 is 0. The van der Waals surface area contributed by atoms with Gasteiger partial charge in [-0.25, -0.2) is 0 Å². The van der Waals surface area contributed by atoms with Crippen LogP contribution in [0.3, 0.4) is 0 Å². The Hall–Kier alpha value is -1.55. The molecule has 2 rings (SSSR count). The number of benzene rings is 1. The van der Waals surface area contributed by atoms with Crippen LogP contribution in [0.2, 0.25) is 0 Å². The Bertz CT molecular complexity index is 482. The first-order chi connectivity index (χ1) is 10.1. The van der Waals surface area contributed by atoms with Crippen LogP contribution in [0.4, 0.5) is 0 Å². The zero-order chi connectivity index (χ0) is 15.2. The topological polar surface area (TPSA) is 50.4 Å². The van der Waals surface area contributed by atoms with Gasteiger partial charge in [-0.05, 0) is 45.4 Å². The van der Waals surface area contributed by atoms with Gasteiger partial charge in [-0.2, -0.15) is 0 Å². The smallest absolute Gasteiger partial charge is 0.258 e. The lowest BCUT2D eigenvalue weighted by atomic mass is 10.1. The summed E-state index contributed by atoms with van der Waals surface area (Å²) in [5.74, 6) is 0.768. The van der Waals surface area contributed by atoms with E-state index in [2.05, 4.69) is 29.7 Å². The maximum Gasteiger partial charge on any atom is 0.258 e. The van der Waals surface area contributed by atoms with Crippen molar-refractivity contribution in [2.24, 2.45) is 0 Å².